The summed E-state index contributed by atoms with van der Waals surface area (Å²) >= 11 is 0. The first-order chi connectivity index (χ1) is 9.79. The van der Waals surface area contributed by atoms with E-state index in [2.05, 4.69) is 33.0 Å². The maximum Gasteiger partial charge on any atom is 0.253 e. The highest BCUT2D eigenvalue weighted by molar-refractivity contribution is 5.94. The third kappa shape index (κ3) is 6.19. The van der Waals surface area contributed by atoms with Crippen molar-refractivity contribution in [3.05, 3.63) is 29.8 Å². The van der Waals surface area contributed by atoms with Crippen molar-refractivity contribution >= 4 is 11.6 Å². The number of rotatable bonds is 7. The van der Waals surface area contributed by atoms with E-state index in [1.54, 1.807) is 19.0 Å². The molecule has 1 rings (SSSR count). The summed E-state index contributed by atoms with van der Waals surface area (Å²) in [4.78, 5) is 13.5. The van der Waals surface area contributed by atoms with Crippen LogP contribution in [0, 0.1) is 11.8 Å². The molecule has 0 atom stereocenters. The molecule has 0 heterocycles. The zero-order valence-corrected chi connectivity index (χ0v) is 14.3. The number of anilines is 1. The molecule has 0 radical (unpaired) electrons. The van der Waals surface area contributed by atoms with Gasteiger partial charge in [-0.05, 0) is 48.9 Å². The Labute approximate surface area is 129 Å². The zero-order valence-electron chi connectivity index (χ0n) is 14.3. The van der Waals surface area contributed by atoms with Gasteiger partial charge in [-0.25, -0.2) is 0 Å². The Morgan fingerprint density at radius 1 is 1.00 bits per heavy atom. The fourth-order valence-corrected chi connectivity index (χ4v) is 2.56. The Kier molecular flexibility index (Phi) is 6.73. The van der Waals surface area contributed by atoms with Crippen molar-refractivity contribution < 1.29 is 4.79 Å². The third-order valence-electron chi connectivity index (χ3n) is 3.42. The van der Waals surface area contributed by atoms with Crippen LogP contribution in [0.2, 0.25) is 0 Å². The second-order valence-electron chi connectivity index (χ2n) is 6.88. The van der Waals surface area contributed by atoms with Crippen LogP contribution in [0.5, 0.6) is 0 Å². The van der Waals surface area contributed by atoms with Crippen molar-refractivity contribution in [3.8, 4) is 0 Å². The Hall–Kier alpha value is -1.51. The molecule has 0 saturated carbocycles. The molecule has 0 unspecified atom stereocenters. The van der Waals surface area contributed by atoms with Gasteiger partial charge in [-0.2, -0.15) is 0 Å². The number of hydrogen-bond donors (Lipinski definition) is 1. The highest BCUT2D eigenvalue weighted by Gasteiger charge is 2.13. The van der Waals surface area contributed by atoms with Crippen LogP contribution >= 0.6 is 0 Å². The lowest BCUT2D eigenvalue weighted by Crippen LogP contribution is -2.24. The van der Waals surface area contributed by atoms with E-state index in [1.165, 1.54) is 0 Å². The predicted octanol–water partition coefficient (Wildman–Crippen LogP) is 4.26. The van der Waals surface area contributed by atoms with Crippen LogP contribution in [0.1, 0.15) is 50.9 Å². The van der Waals surface area contributed by atoms with E-state index in [1.807, 2.05) is 24.3 Å². The highest BCUT2D eigenvalue weighted by atomic mass is 16.2. The van der Waals surface area contributed by atoms with Crippen molar-refractivity contribution in [1.82, 2.24) is 4.90 Å². The van der Waals surface area contributed by atoms with Gasteiger partial charge < -0.3 is 10.2 Å². The lowest BCUT2D eigenvalue weighted by Gasteiger charge is -2.23. The largest absolute Gasteiger partial charge is 0.382 e. The van der Waals surface area contributed by atoms with E-state index in [4.69, 9.17) is 0 Å². The molecule has 0 spiro atoms. The first-order valence-electron chi connectivity index (χ1n) is 7.87. The summed E-state index contributed by atoms with van der Waals surface area (Å²) in [5, 5.41) is 3.61. The normalized spacial score (nSPS) is 11.3. The van der Waals surface area contributed by atoms with Crippen LogP contribution in [-0.2, 0) is 0 Å². The van der Waals surface area contributed by atoms with E-state index in [-0.39, 0.29) is 5.91 Å². The maximum atomic E-state index is 11.9. The molecule has 0 aliphatic carbocycles. The molecule has 0 aliphatic rings. The van der Waals surface area contributed by atoms with Crippen molar-refractivity contribution in [3.63, 3.8) is 0 Å². The van der Waals surface area contributed by atoms with Crippen LogP contribution in [0.25, 0.3) is 0 Å². The molecule has 21 heavy (non-hydrogen) atoms. The molecule has 0 aromatic heterocycles. The summed E-state index contributed by atoms with van der Waals surface area (Å²) < 4.78 is 0. The Morgan fingerprint density at radius 2 is 1.48 bits per heavy atom. The topological polar surface area (TPSA) is 32.3 Å². The molecule has 1 aromatic rings. The Balaban J connectivity index is 2.73. The predicted molar refractivity (Wildman–Crippen MR) is 90.8 cm³/mol. The number of carbonyl (C=O) groups excluding carboxylic acids is 1. The van der Waals surface area contributed by atoms with Crippen LogP contribution in [0.3, 0.4) is 0 Å². The van der Waals surface area contributed by atoms with Gasteiger partial charge in [-0.3, -0.25) is 4.79 Å². The van der Waals surface area contributed by atoms with E-state index in [9.17, 15) is 4.79 Å². The SMILES string of the molecule is CC(C)CC(CC(C)C)Nc1ccc(C(=O)N(C)C)cc1. The molecule has 1 amide bonds. The van der Waals surface area contributed by atoms with Crippen molar-refractivity contribution in [2.24, 2.45) is 11.8 Å². The van der Waals surface area contributed by atoms with Crippen molar-refractivity contribution in [2.45, 2.75) is 46.6 Å². The van der Waals surface area contributed by atoms with Gasteiger partial charge in [0.25, 0.3) is 5.91 Å². The molecule has 3 heteroatoms. The number of carbonyl (C=O) groups is 1. The molecule has 0 aliphatic heterocycles. The Bertz CT molecular complexity index is 425. The van der Waals surface area contributed by atoms with Gasteiger partial charge in [0.05, 0.1) is 0 Å². The lowest BCUT2D eigenvalue weighted by atomic mass is 9.95. The van der Waals surface area contributed by atoms with Gasteiger partial charge >= 0.3 is 0 Å². The molecule has 0 fully saturated rings. The van der Waals surface area contributed by atoms with Gasteiger partial charge in [0.15, 0.2) is 0 Å². The summed E-state index contributed by atoms with van der Waals surface area (Å²) in [6, 6.07) is 8.29. The van der Waals surface area contributed by atoms with E-state index >= 15 is 0 Å². The first-order valence-corrected chi connectivity index (χ1v) is 7.87. The average Bonchev–Trinajstić information content (AvgIpc) is 2.37. The molecule has 3 nitrogen and oxygen atoms in total. The number of nitrogens with one attached hydrogen (secondary N) is 1. The third-order valence-corrected chi connectivity index (χ3v) is 3.42. The molecule has 118 valence electrons. The van der Waals surface area contributed by atoms with Gasteiger partial charge in [-0.15, -0.1) is 0 Å². The number of benzene rings is 1. The fourth-order valence-electron chi connectivity index (χ4n) is 2.56. The summed E-state index contributed by atoms with van der Waals surface area (Å²) in [6.45, 7) is 9.03. The lowest BCUT2D eigenvalue weighted by molar-refractivity contribution is 0.0827. The minimum atomic E-state index is 0.0439. The van der Waals surface area contributed by atoms with Gasteiger partial charge in [0.2, 0.25) is 0 Å². The maximum absolute atomic E-state index is 11.9. The second kappa shape index (κ2) is 8.06. The zero-order chi connectivity index (χ0) is 16.0. The van der Waals surface area contributed by atoms with E-state index in [0.717, 1.165) is 24.1 Å². The van der Waals surface area contributed by atoms with Gasteiger partial charge in [0.1, 0.15) is 0 Å². The standard InChI is InChI=1S/C18H30N2O/c1-13(2)11-17(12-14(3)4)19-16-9-7-15(8-10-16)18(21)20(5)6/h7-10,13-14,17,19H,11-12H2,1-6H3. The van der Waals surface area contributed by atoms with Crippen LogP contribution < -0.4 is 5.32 Å². The second-order valence-corrected chi connectivity index (χ2v) is 6.88. The van der Waals surface area contributed by atoms with Crippen LogP contribution in [0.15, 0.2) is 24.3 Å². The summed E-state index contributed by atoms with van der Waals surface area (Å²) in [7, 11) is 3.55. The van der Waals surface area contributed by atoms with Gasteiger partial charge in [0, 0.05) is 31.4 Å². The molecular formula is C18H30N2O. The fraction of sp³-hybridized carbons (Fsp3) is 0.611. The smallest absolute Gasteiger partial charge is 0.253 e. The first kappa shape index (κ1) is 17.5. The van der Waals surface area contributed by atoms with Crippen LogP contribution in [-0.4, -0.2) is 30.9 Å². The van der Waals surface area contributed by atoms with Crippen molar-refractivity contribution in [2.75, 3.05) is 19.4 Å². The van der Waals surface area contributed by atoms with E-state index < -0.39 is 0 Å². The van der Waals surface area contributed by atoms with E-state index in [0.29, 0.717) is 17.9 Å². The number of amides is 1. The quantitative estimate of drug-likeness (QED) is 0.813. The minimum Gasteiger partial charge on any atom is -0.382 e. The Morgan fingerprint density at radius 3 is 1.86 bits per heavy atom. The van der Waals surface area contributed by atoms with Gasteiger partial charge in [-0.1, -0.05) is 27.7 Å². The monoisotopic (exact) mass is 290 g/mol. The molecule has 1 N–H and O–H groups in total. The summed E-state index contributed by atoms with van der Waals surface area (Å²) in [6.07, 6.45) is 2.33. The highest BCUT2D eigenvalue weighted by Crippen LogP contribution is 2.19. The average molecular weight is 290 g/mol. The minimum absolute atomic E-state index is 0.0439. The number of hydrogen-bond acceptors (Lipinski definition) is 2. The van der Waals surface area contributed by atoms with Crippen molar-refractivity contribution in [1.29, 1.82) is 0 Å². The molecule has 0 saturated heterocycles. The summed E-state index contributed by atoms with van der Waals surface area (Å²) in [5.41, 5.74) is 1.83. The summed E-state index contributed by atoms with van der Waals surface area (Å²) in [5.74, 6) is 1.40. The van der Waals surface area contributed by atoms with Crippen LogP contribution in [0.4, 0.5) is 5.69 Å². The molecule has 1 aromatic carbocycles. The molecule has 0 bridgehead atoms. The molecular weight excluding hydrogens is 260 g/mol. The number of nitrogens with zero attached hydrogens (tertiary/aromatic N) is 1.